The Morgan fingerprint density at radius 2 is 1.96 bits per heavy atom. The third-order valence-corrected chi connectivity index (χ3v) is 7.31. The molecule has 0 bridgehead atoms. The molecule has 0 amide bonds. The molecule has 5 nitrogen and oxygen atoms in total. The normalized spacial score (nSPS) is 15.8. The Labute approximate surface area is 152 Å². The molecular formula is C17H13NO4S3. The van der Waals surface area contributed by atoms with Crippen molar-refractivity contribution in [3.05, 3.63) is 35.9 Å². The van der Waals surface area contributed by atoms with Gasteiger partial charge < -0.3 is 4.84 Å². The number of benzene rings is 2. The van der Waals surface area contributed by atoms with Gasteiger partial charge in [0.05, 0.1) is 10.6 Å². The molecule has 1 aromatic heterocycles. The minimum absolute atomic E-state index is 0.314. The second-order valence-electron chi connectivity index (χ2n) is 5.76. The summed E-state index contributed by atoms with van der Waals surface area (Å²) in [6, 6.07) is 9.23. The van der Waals surface area contributed by atoms with Crippen molar-refractivity contribution >= 4 is 64.8 Å². The number of hydrogen-bond donors (Lipinski definition) is 0. The van der Waals surface area contributed by atoms with Gasteiger partial charge in [-0.3, -0.25) is 0 Å². The summed E-state index contributed by atoms with van der Waals surface area (Å²) >= 11 is 3.26. The Morgan fingerprint density at radius 3 is 2.68 bits per heavy atom. The SMILES string of the molecule is CC(=O)ON=C1CSc2c1ccc1sc3ccc(S(C)(=O)=O)cc3c21. The van der Waals surface area contributed by atoms with Crippen LogP contribution in [0.5, 0.6) is 0 Å². The Hall–Kier alpha value is -1.90. The molecule has 2 aromatic carbocycles. The van der Waals surface area contributed by atoms with Crippen LogP contribution in [0.4, 0.5) is 0 Å². The van der Waals surface area contributed by atoms with Crippen LogP contribution in [-0.2, 0) is 19.5 Å². The molecule has 0 unspecified atom stereocenters. The Balaban J connectivity index is 1.97. The summed E-state index contributed by atoms with van der Waals surface area (Å²) in [6.07, 6.45) is 1.21. The predicted octanol–water partition coefficient (Wildman–Crippen LogP) is 3.83. The highest BCUT2D eigenvalue weighted by molar-refractivity contribution is 8.00. The number of oxime groups is 1. The lowest BCUT2D eigenvalue weighted by Crippen LogP contribution is -2.02. The summed E-state index contributed by atoms with van der Waals surface area (Å²) in [6.45, 7) is 1.31. The first-order valence-electron chi connectivity index (χ1n) is 7.41. The van der Waals surface area contributed by atoms with Crippen LogP contribution in [-0.4, -0.2) is 32.1 Å². The average Bonchev–Trinajstić information content (AvgIpc) is 3.11. The molecular weight excluding hydrogens is 378 g/mol. The van der Waals surface area contributed by atoms with Gasteiger partial charge in [0.25, 0.3) is 0 Å². The van der Waals surface area contributed by atoms with Crippen LogP contribution in [0.1, 0.15) is 12.5 Å². The van der Waals surface area contributed by atoms with Crippen molar-refractivity contribution in [3.8, 4) is 0 Å². The molecule has 1 aliphatic rings. The van der Waals surface area contributed by atoms with Crippen molar-refractivity contribution in [1.82, 2.24) is 0 Å². The van der Waals surface area contributed by atoms with Crippen LogP contribution in [0.2, 0.25) is 0 Å². The van der Waals surface area contributed by atoms with Gasteiger partial charge in [0.2, 0.25) is 0 Å². The van der Waals surface area contributed by atoms with E-state index in [1.807, 2.05) is 18.2 Å². The van der Waals surface area contributed by atoms with Crippen molar-refractivity contribution in [2.24, 2.45) is 5.16 Å². The molecule has 25 heavy (non-hydrogen) atoms. The van der Waals surface area contributed by atoms with Crippen LogP contribution < -0.4 is 0 Å². The molecule has 4 rings (SSSR count). The number of fused-ring (bicyclic) bond motifs is 5. The molecule has 0 spiro atoms. The highest BCUT2D eigenvalue weighted by atomic mass is 32.2. The molecule has 2 heterocycles. The van der Waals surface area contributed by atoms with Gasteiger partial charge in [-0.25, -0.2) is 13.2 Å². The summed E-state index contributed by atoms with van der Waals surface area (Å²) in [5, 5.41) is 5.92. The summed E-state index contributed by atoms with van der Waals surface area (Å²) < 4.78 is 25.9. The molecule has 8 heteroatoms. The van der Waals surface area contributed by atoms with Crippen LogP contribution in [0.3, 0.4) is 0 Å². The van der Waals surface area contributed by atoms with E-state index in [2.05, 4.69) is 5.16 Å². The monoisotopic (exact) mass is 391 g/mol. The van der Waals surface area contributed by atoms with Gasteiger partial charge in [0.15, 0.2) is 9.84 Å². The molecule has 0 saturated carbocycles. The van der Waals surface area contributed by atoms with Gasteiger partial charge in [0.1, 0.15) is 0 Å². The fourth-order valence-electron chi connectivity index (χ4n) is 2.84. The lowest BCUT2D eigenvalue weighted by molar-refractivity contribution is -0.140. The van der Waals surface area contributed by atoms with Gasteiger partial charge in [-0.15, -0.1) is 23.1 Å². The fraction of sp³-hybridized carbons (Fsp3) is 0.176. The Bertz CT molecular complexity index is 1180. The number of nitrogens with zero attached hydrogens (tertiary/aromatic N) is 1. The molecule has 0 aliphatic carbocycles. The van der Waals surface area contributed by atoms with Crippen molar-refractivity contribution in [2.45, 2.75) is 16.7 Å². The molecule has 1 aliphatic heterocycles. The number of rotatable bonds is 2. The van der Waals surface area contributed by atoms with Gasteiger partial charge in [-0.1, -0.05) is 11.2 Å². The highest BCUT2D eigenvalue weighted by Gasteiger charge is 2.24. The maximum atomic E-state index is 11.9. The number of carbonyl (C=O) groups is 1. The molecule has 0 N–H and O–H groups in total. The van der Waals surface area contributed by atoms with Crippen molar-refractivity contribution in [2.75, 3.05) is 12.0 Å². The number of thiophene rings is 1. The van der Waals surface area contributed by atoms with Crippen molar-refractivity contribution in [1.29, 1.82) is 0 Å². The van der Waals surface area contributed by atoms with Gasteiger partial charge >= 0.3 is 5.97 Å². The van der Waals surface area contributed by atoms with Crippen molar-refractivity contribution < 1.29 is 18.0 Å². The van der Waals surface area contributed by atoms with Gasteiger partial charge in [-0.05, 0) is 24.3 Å². The summed E-state index contributed by atoms with van der Waals surface area (Å²) in [5.74, 6) is 0.163. The van der Waals surface area contributed by atoms with E-state index in [9.17, 15) is 13.2 Å². The first-order chi connectivity index (χ1) is 11.8. The molecule has 0 atom stereocenters. The first kappa shape index (κ1) is 16.6. The number of sulfone groups is 1. The first-order valence-corrected chi connectivity index (χ1v) is 11.1. The van der Waals surface area contributed by atoms with Crippen molar-refractivity contribution in [3.63, 3.8) is 0 Å². The van der Waals surface area contributed by atoms with E-state index >= 15 is 0 Å². The van der Waals surface area contributed by atoms with Crippen LogP contribution in [0.25, 0.3) is 20.2 Å². The summed E-state index contributed by atoms with van der Waals surface area (Å²) in [7, 11) is -3.27. The second-order valence-corrected chi connectivity index (χ2v) is 9.84. The maximum absolute atomic E-state index is 11.9. The number of hydrogen-bond acceptors (Lipinski definition) is 7. The smallest absolute Gasteiger partial charge is 0.318 e. The molecule has 3 aromatic rings. The van der Waals surface area contributed by atoms with Crippen LogP contribution >= 0.6 is 23.1 Å². The zero-order valence-corrected chi connectivity index (χ0v) is 15.8. The molecule has 0 radical (unpaired) electrons. The Kier molecular flexibility index (Phi) is 3.86. The fourth-order valence-corrected chi connectivity index (χ4v) is 5.84. The third kappa shape index (κ3) is 2.84. The maximum Gasteiger partial charge on any atom is 0.331 e. The minimum Gasteiger partial charge on any atom is -0.318 e. The summed E-state index contributed by atoms with van der Waals surface area (Å²) in [5.41, 5.74) is 1.65. The van der Waals surface area contributed by atoms with E-state index in [4.69, 9.17) is 4.84 Å². The minimum atomic E-state index is -3.27. The predicted molar refractivity (Wildman–Crippen MR) is 101 cm³/mol. The molecule has 0 fully saturated rings. The van der Waals surface area contributed by atoms with Crippen LogP contribution in [0.15, 0.2) is 45.3 Å². The van der Waals surface area contributed by atoms with E-state index in [1.165, 1.54) is 13.2 Å². The standard InChI is InChI=1S/C17H13NO4S3/c1-9(19)22-18-13-8-23-17-11(13)4-6-15-16(17)12-7-10(25(2,20)21)3-5-14(12)24-15/h3-7H,8H2,1-2H3. The third-order valence-electron chi connectivity index (χ3n) is 3.94. The molecule has 128 valence electrons. The lowest BCUT2D eigenvalue weighted by atomic mass is 10.1. The number of thioether (sulfide) groups is 1. The Morgan fingerprint density at radius 1 is 1.20 bits per heavy atom. The van der Waals surface area contributed by atoms with E-state index in [1.54, 1.807) is 35.2 Å². The van der Waals surface area contributed by atoms with E-state index in [-0.39, 0.29) is 0 Å². The molecule has 0 saturated heterocycles. The lowest BCUT2D eigenvalue weighted by Gasteiger charge is -2.02. The second kappa shape index (κ2) is 5.82. The average molecular weight is 391 g/mol. The topological polar surface area (TPSA) is 72.8 Å². The summed E-state index contributed by atoms with van der Waals surface area (Å²) in [4.78, 5) is 17.2. The number of carbonyl (C=O) groups excluding carboxylic acids is 1. The van der Waals surface area contributed by atoms with E-state index in [0.29, 0.717) is 10.6 Å². The van der Waals surface area contributed by atoms with E-state index < -0.39 is 15.8 Å². The zero-order valence-electron chi connectivity index (χ0n) is 13.4. The van der Waals surface area contributed by atoms with Gasteiger partial charge in [-0.2, -0.15) is 0 Å². The zero-order chi connectivity index (χ0) is 17.8. The highest BCUT2D eigenvalue weighted by Crippen LogP contribution is 2.45. The van der Waals surface area contributed by atoms with Gasteiger partial charge in [0, 0.05) is 49.6 Å². The van der Waals surface area contributed by atoms with Crippen LogP contribution in [0, 0.1) is 0 Å². The van der Waals surface area contributed by atoms with E-state index in [0.717, 1.165) is 36.3 Å². The quantitative estimate of drug-likeness (QED) is 0.490. The largest absolute Gasteiger partial charge is 0.331 e.